The monoisotopic (exact) mass is 314 g/mol. The Morgan fingerprint density at radius 2 is 2.14 bits per heavy atom. The van der Waals surface area contributed by atoms with Crippen molar-refractivity contribution in [2.45, 2.75) is 23.8 Å². The number of aliphatic carboxylic acids is 1. The van der Waals surface area contributed by atoms with E-state index in [-0.39, 0.29) is 23.6 Å². The summed E-state index contributed by atoms with van der Waals surface area (Å²) in [4.78, 5) is 22.0. The van der Waals surface area contributed by atoms with Gasteiger partial charge in [-0.25, -0.2) is 8.42 Å². The highest BCUT2D eigenvalue weighted by Crippen LogP contribution is 2.25. The molecule has 0 saturated carbocycles. The van der Waals surface area contributed by atoms with Crippen molar-refractivity contribution in [3.8, 4) is 0 Å². The fourth-order valence-corrected chi connectivity index (χ4v) is 3.26. The number of hydrogen-bond acceptors (Lipinski definition) is 5. The molecule has 1 heterocycles. The number of amides is 1. The summed E-state index contributed by atoms with van der Waals surface area (Å²) in [5.74, 6) is -1.60. The van der Waals surface area contributed by atoms with Crippen molar-refractivity contribution in [3.63, 3.8) is 0 Å². The molecule has 1 aliphatic rings. The lowest BCUT2D eigenvalue weighted by atomic mass is 10.2. The second kappa shape index (κ2) is 5.80. The van der Waals surface area contributed by atoms with E-state index in [4.69, 9.17) is 10.2 Å². The molecule has 114 valence electrons. The van der Waals surface area contributed by atoms with Gasteiger partial charge < -0.3 is 15.5 Å². The Morgan fingerprint density at radius 3 is 2.76 bits per heavy atom. The van der Waals surface area contributed by atoms with Crippen LogP contribution in [0, 0.1) is 0 Å². The predicted molar refractivity (Wildman–Crippen MR) is 72.2 cm³/mol. The average molecular weight is 314 g/mol. The van der Waals surface area contributed by atoms with E-state index in [1.165, 1.54) is 18.2 Å². The Kier molecular flexibility index (Phi) is 4.26. The minimum atomic E-state index is -4.05. The molecule has 21 heavy (non-hydrogen) atoms. The van der Waals surface area contributed by atoms with Crippen molar-refractivity contribution < 1.29 is 28.2 Å². The highest BCUT2D eigenvalue weighted by atomic mass is 32.2. The third kappa shape index (κ3) is 3.38. The molecule has 9 heteroatoms. The first-order chi connectivity index (χ1) is 9.83. The number of carbonyl (C=O) groups excluding carboxylic acids is 1. The van der Waals surface area contributed by atoms with Crippen LogP contribution in [-0.4, -0.2) is 43.2 Å². The Balaban J connectivity index is 2.26. The van der Waals surface area contributed by atoms with E-state index in [0.717, 1.165) is 0 Å². The molecule has 1 aromatic carbocycles. The molecule has 1 aromatic rings. The van der Waals surface area contributed by atoms with Gasteiger partial charge in [-0.3, -0.25) is 9.59 Å². The van der Waals surface area contributed by atoms with Gasteiger partial charge in [0, 0.05) is 12.3 Å². The molecule has 0 spiro atoms. The van der Waals surface area contributed by atoms with Crippen molar-refractivity contribution in [2.24, 2.45) is 0 Å². The number of nitrogens with one attached hydrogen (secondary N) is 2. The first-order valence-corrected chi connectivity index (χ1v) is 7.60. The molecule has 1 atom stereocenters. The summed E-state index contributed by atoms with van der Waals surface area (Å²) in [6.45, 7) is -0.456. The fourth-order valence-electron chi connectivity index (χ4n) is 1.99. The van der Waals surface area contributed by atoms with Crippen molar-refractivity contribution in [2.75, 3.05) is 11.9 Å². The number of hydrogen-bond donors (Lipinski definition) is 4. The lowest BCUT2D eigenvalue weighted by Gasteiger charge is -2.14. The number of rotatable bonds is 6. The number of aliphatic hydroxyl groups is 1. The van der Waals surface area contributed by atoms with Gasteiger partial charge in [-0.05, 0) is 30.2 Å². The first kappa shape index (κ1) is 15.4. The molecule has 0 saturated heterocycles. The van der Waals surface area contributed by atoms with E-state index < -0.39 is 28.6 Å². The largest absolute Gasteiger partial charge is 0.480 e. The minimum absolute atomic E-state index is 0.0810. The topological polar surface area (TPSA) is 133 Å². The molecule has 2 rings (SSSR count). The van der Waals surface area contributed by atoms with E-state index in [9.17, 15) is 18.0 Å². The zero-order valence-electron chi connectivity index (χ0n) is 10.9. The van der Waals surface area contributed by atoms with Crippen molar-refractivity contribution in [3.05, 3.63) is 23.8 Å². The Morgan fingerprint density at radius 1 is 1.43 bits per heavy atom. The molecule has 8 nitrogen and oxygen atoms in total. The summed E-state index contributed by atoms with van der Waals surface area (Å²) in [5, 5.41) is 20.3. The van der Waals surface area contributed by atoms with E-state index >= 15 is 0 Å². The maximum Gasteiger partial charge on any atom is 0.321 e. The molecular weight excluding hydrogens is 300 g/mol. The summed E-state index contributed by atoms with van der Waals surface area (Å²) in [7, 11) is -4.05. The van der Waals surface area contributed by atoms with Crippen LogP contribution in [0.25, 0.3) is 0 Å². The van der Waals surface area contributed by atoms with E-state index in [2.05, 4.69) is 5.32 Å². The van der Waals surface area contributed by atoms with Crippen LogP contribution in [0.2, 0.25) is 0 Å². The van der Waals surface area contributed by atoms with Crippen LogP contribution in [0.5, 0.6) is 0 Å². The standard InChI is InChI=1S/C12H14N2O6S/c15-4-3-10(12(17)18)14-21(19,20)8-1-2-9-7(5-8)6-11(16)13-9/h1-2,5,10,14-15H,3-4,6H2,(H,13,16)(H,17,18). The molecule has 0 aliphatic carbocycles. The van der Waals surface area contributed by atoms with Crippen molar-refractivity contribution in [1.29, 1.82) is 0 Å². The van der Waals surface area contributed by atoms with Gasteiger partial charge in [0.2, 0.25) is 15.9 Å². The van der Waals surface area contributed by atoms with Crippen molar-refractivity contribution in [1.82, 2.24) is 4.72 Å². The second-order valence-electron chi connectivity index (χ2n) is 4.57. The lowest BCUT2D eigenvalue weighted by molar-refractivity contribution is -0.139. The van der Waals surface area contributed by atoms with Gasteiger partial charge in [0.15, 0.2) is 0 Å². The van der Waals surface area contributed by atoms with Crippen LogP contribution in [0.4, 0.5) is 5.69 Å². The van der Waals surface area contributed by atoms with Crippen LogP contribution < -0.4 is 10.0 Å². The maximum absolute atomic E-state index is 12.1. The third-order valence-electron chi connectivity index (χ3n) is 3.03. The number of carboxylic acids is 1. The molecule has 0 fully saturated rings. The molecular formula is C12H14N2O6S. The molecule has 0 radical (unpaired) electrons. The molecule has 1 amide bonds. The highest BCUT2D eigenvalue weighted by Gasteiger charge is 2.26. The van der Waals surface area contributed by atoms with Gasteiger partial charge in [-0.15, -0.1) is 0 Å². The summed E-state index contributed by atoms with van der Waals surface area (Å²) < 4.78 is 26.3. The third-order valence-corrected chi connectivity index (χ3v) is 4.49. The van der Waals surface area contributed by atoms with Gasteiger partial charge in [-0.1, -0.05) is 0 Å². The number of aliphatic hydroxyl groups excluding tert-OH is 1. The number of carboxylic acid groups (broad SMARTS) is 1. The Hall–Kier alpha value is -1.97. The predicted octanol–water partition coefficient (Wildman–Crippen LogP) is -0.705. The number of benzene rings is 1. The van der Waals surface area contributed by atoms with Gasteiger partial charge in [-0.2, -0.15) is 4.72 Å². The van der Waals surface area contributed by atoms with E-state index in [1.54, 1.807) is 0 Å². The summed E-state index contributed by atoms with van der Waals surface area (Å²) >= 11 is 0. The van der Waals surface area contributed by atoms with Crippen LogP contribution >= 0.6 is 0 Å². The molecule has 1 unspecified atom stereocenters. The van der Waals surface area contributed by atoms with Crippen LogP contribution in [0.1, 0.15) is 12.0 Å². The Bertz CT molecular complexity index is 685. The normalized spacial score (nSPS) is 15.4. The van der Waals surface area contributed by atoms with Gasteiger partial charge >= 0.3 is 5.97 Å². The van der Waals surface area contributed by atoms with Gasteiger partial charge in [0.1, 0.15) is 6.04 Å². The number of fused-ring (bicyclic) bond motifs is 1. The lowest BCUT2D eigenvalue weighted by Crippen LogP contribution is -2.41. The molecule has 0 bridgehead atoms. The number of sulfonamides is 1. The summed E-state index contributed by atoms with van der Waals surface area (Å²) in [6, 6.07) is 2.65. The number of carbonyl (C=O) groups is 2. The molecule has 4 N–H and O–H groups in total. The highest BCUT2D eigenvalue weighted by molar-refractivity contribution is 7.89. The Labute approximate surface area is 120 Å². The second-order valence-corrected chi connectivity index (χ2v) is 6.28. The van der Waals surface area contributed by atoms with Crippen LogP contribution in [-0.2, 0) is 26.0 Å². The fraction of sp³-hybridized carbons (Fsp3) is 0.333. The zero-order chi connectivity index (χ0) is 15.6. The minimum Gasteiger partial charge on any atom is -0.480 e. The maximum atomic E-state index is 12.1. The zero-order valence-corrected chi connectivity index (χ0v) is 11.7. The van der Waals surface area contributed by atoms with E-state index in [1.807, 2.05) is 4.72 Å². The smallest absolute Gasteiger partial charge is 0.321 e. The van der Waals surface area contributed by atoms with Crippen molar-refractivity contribution >= 4 is 27.6 Å². The van der Waals surface area contributed by atoms with Crippen LogP contribution in [0.15, 0.2) is 23.1 Å². The number of anilines is 1. The quantitative estimate of drug-likeness (QED) is 0.548. The SMILES string of the molecule is O=C1Cc2cc(S(=O)(=O)NC(CCO)C(=O)O)ccc2N1. The summed E-state index contributed by atoms with van der Waals surface area (Å²) in [6.07, 6.45) is -0.156. The van der Waals surface area contributed by atoms with E-state index in [0.29, 0.717) is 11.3 Å². The molecule has 1 aliphatic heterocycles. The first-order valence-electron chi connectivity index (χ1n) is 6.12. The summed E-state index contributed by atoms with van der Waals surface area (Å²) in [5.41, 5.74) is 1.08. The van der Waals surface area contributed by atoms with Gasteiger partial charge in [0.05, 0.1) is 11.3 Å². The van der Waals surface area contributed by atoms with Gasteiger partial charge in [0.25, 0.3) is 0 Å². The molecule has 0 aromatic heterocycles. The average Bonchev–Trinajstić information content (AvgIpc) is 2.76. The van der Waals surface area contributed by atoms with Crippen LogP contribution in [0.3, 0.4) is 0 Å².